The molecule has 0 aromatic carbocycles. The molecular formula is C9H19NO2S. The summed E-state index contributed by atoms with van der Waals surface area (Å²) in [4.78, 5) is 0. The standard InChI is InChI=1S/C9H19NO2S/c1-7(6-13-2)3-10-8-4-12-5-9(8)11/h7-11H,3-6H2,1-2H3. The summed E-state index contributed by atoms with van der Waals surface area (Å²) in [6.45, 7) is 4.30. The molecule has 0 aromatic heterocycles. The van der Waals surface area contributed by atoms with Gasteiger partial charge in [0.25, 0.3) is 0 Å². The van der Waals surface area contributed by atoms with E-state index in [1.807, 2.05) is 11.8 Å². The summed E-state index contributed by atoms with van der Waals surface area (Å²) in [5.74, 6) is 1.82. The zero-order chi connectivity index (χ0) is 9.68. The van der Waals surface area contributed by atoms with Crippen molar-refractivity contribution >= 4 is 11.8 Å². The molecule has 13 heavy (non-hydrogen) atoms. The fourth-order valence-corrected chi connectivity index (χ4v) is 2.12. The Labute approximate surface area is 84.2 Å². The van der Waals surface area contributed by atoms with Crippen molar-refractivity contribution in [2.24, 2.45) is 5.92 Å². The van der Waals surface area contributed by atoms with E-state index < -0.39 is 0 Å². The van der Waals surface area contributed by atoms with Gasteiger partial charge in [0.2, 0.25) is 0 Å². The Kier molecular flexibility index (Phi) is 5.09. The van der Waals surface area contributed by atoms with Gasteiger partial charge in [0.05, 0.1) is 25.4 Å². The molecule has 3 unspecified atom stereocenters. The number of thioether (sulfide) groups is 1. The quantitative estimate of drug-likeness (QED) is 0.679. The molecule has 1 saturated heterocycles. The first-order chi connectivity index (χ1) is 6.24. The minimum Gasteiger partial charge on any atom is -0.389 e. The average Bonchev–Trinajstić information content (AvgIpc) is 2.48. The van der Waals surface area contributed by atoms with Crippen LogP contribution < -0.4 is 5.32 Å². The van der Waals surface area contributed by atoms with E-state index in [2.05, 4.69) is 18.5 Å². The van der Waals surface area contributed by atoms with E-state index in [1.54, 1.807) is 0 Å². The van der Waals surface area contributed by atoms with Gasteiger partial charge in [-0.25, -0.2) is 0 Å². The third-order valence-electron chi connectivity index (χ3n) is 2.23. The Bertz CT molecular complexity index is 146. The molecule has 1 aliphatic rings. The van der Waals surface area contributed by atoms with E-state index in [1.165, 1.54) is 0 Å². The van der Waals surface area contributed by atoms with E-state index in [4.69, 9.17) is 4.74 Å². The van der Waals surface area contributed by atoms with Gasteiger partial charge < -0.3 is 15.2 Å². The van der Waals surface area contributed by atoms with Crippen LogP contribution in [0, 0.1) is 5.92 Å². The summed E-state index contributed by atoms with van der Waals surface area (Å²) in [6, 6.07) is 0.143. The van der Waals surface area contributed by atoms with Crippen LogP contribution in [0.2, 0.25) is 0 Å². The van der Waals surface area contributed by atoms with Crippen LogP contribution >= 0.6 is 11.8 Å². The van der Waals surface area contributed by atoms with Gasteiger partial charge in [0.1, 0.15) is 0 Å². The normalized spacial score (nSPS) is 30.7. The first-order valence-electron chi connectivity index (χ1n) is 4.72. The molecule has 0 amide bonds. The second kappa shape index (κ2) is 5.86. The largest absolute Gasteiger partial charge is 0.389 e. The van der Waals surface area contributed by atoms with Crippen molar-refractivity contribution in [3.05, 3.63) is 0 Å². The molecule has 1 rings (SSSR count). The molecule has 2 N–H and O–H groups in total. The number of ether oxygens (including phenoxy) is 1. The molecule has 1 heterocycles. The van der Waals surface area contributed by atoms with E-state index in [0.717, 1.165) is 12.3 Å². The van der Waals surface area contributed by atoms with Crippen molar-refractivity contribution in [2.75, 3.05) is 31.8 Å². The van der Waals surface area contributed by atoms with Gasteiger partial charge in [-0.15, -0.1) is 0 Å². The van der Waals surface area contributed by atoms with Crippen LogP contribution in [0.25, 0.3) is 0 Å². The van der Waals surface area contributed by atoms with Crippen molar-refractivity contribution in [2.45, 2.75) is 19.1 Å². The molecule has 1 aliphatic heterocycles. The highest BCUT2D eigenvalue weighted by Gasteiger charge is 2.25. The second-order valence-corrected chi connectivity index (χ2v) is 4.59. The molecular weight excluding hydrogens is 186 g/mol. The van der Waals surface area contributed by atoms with Crippen LogP contribution in [0.5, 0.6) is 0 Å². The molecule has 0 bridgehead atoms. The van der Waals surface area contributed by atoms with Gasteiger partial charge in [0, 0.05) is 0 Å². The van der Waals surface area contributed by atoms with Gasteiger partial charge in [-0.05, 0) is 24.5 Å². The first kappa shape index (κ1) is 11.3. The molecule has 3 nitrogen and oxygen atoms in total. The molecule has 78 valence electrons. The molecule has 3 atom stereocenters. The zero-order valence-corrected chi connectivity index (χ0v) is 9.14. The highest BCUT2D eigenvalue weighted by Crippen LogP contribution is 2.07. The van der Waals surface area contributed by atoms with Crippen molar-refractivity contribution < 1.29 is 9.84 Å². The molecule has 0 aromatic rings. The summed E-state index contributed by atoms with van der Waals surface area (Å²) in [5.41, 5.74) is 0. The fourth-order valence-electron chi connectivity index (χ4n) is 1.43. The second-order valence-electron chi connectivity index (χ2n) is 3.68. The third-order valence-corrected chi connectivity index (χ3v) is 3.13. The van der Waals surface area contributed by atoms with Crippen LogP contribution in [0.15, 0.2) is 0 Å². The fraction of sp³-hybridized carbons (Fsp3) is 1.00. The molecule has 0 radical (unpaired) electrons. The lowest BCUT2D eigenvalue weighted by atomic mass is 10.1. The topological polar surface area (TPSA) is 41.5 Å². The predicted molar refractivity (Wildman–Crippen MR) is 56.2 cm³/mol. The maximum Gasteiger partial charge on any atom is 0.0948 e. The molecule has 0 saturated carbocycles. The number of aliphatic hydroxyl groups excluding tert-OH is 1. The van der Waals surface area contributed by atoms with Crippen molar-refractivity contribution in [1.82, 2.24) is 5.32 Å². The molecule has 4 heteroatoms. The summed E-state index contributed by atoms with van der Waals surface area (Å²) < 4.78 is 5.14. The average molecular weight is 205 g/mol. The SMILES string of the molecule is CSCC(C)CNC1COCC1O. The number of hydrogen-bond donors (Lipinski definition) is 2. The van der Waals surface area contributed by atoms with E-state index in [9.17, 15) is 5.11 Å². The lowest BCUT2D eigenvalue weighted by Gasteiger charge is -2.17. The molecule has 0 aliphatic carbocycles. The Hall–Kier alpha value is 0.230. The predicted octanol–water partition coefficient (Wildman–Crippen LogP) is 0.335. The zero-order valence-electron chi connectivity index (χ0n) is 8.32. The smallest absolute Gasteiger partial charge is 0.0948 e. The third kappa shape index (κ3) is 3.85. The highest BCUT2D eigenvalue weighted by molar-refractivity contribution is 7.98. The van der Waals surface area contributed by atoms with E-state index in [0.29, 0.717) is 19.1 Å². The van der Waals surface area contributed by atoms with Crippen molar-refractivity contribution in [3.8, 4) is 0 Å². The number of aliphatic hydroxyl groups is 1. The van der Waals surface area contributed by atoms with Gasteiger partial charge in [-0.1, -0.05) is 6.92 Å². The monoisotopic (exact) mass is 205 g/mol. The van der Waals surface area contributed by atoms with Crippen LogP contribution in [0.3, 0.4) is 0 Å². The minimum atomic E-state index is -0.318. The summed E-state index contributed by atoms with van der Waals surface area (Å²) in [6.07, 6.45) is 1.80. The Morgan fingerprint density at radius 2 is 2.38 bits per heavy atom. The van der Waals surface area contributed by atoms with Gasteiger partial charge in [-0.3, -0.25) is 0 Å². The van der Waals surface area contributed by atoms with Crippen molar-refractivity contribution in [1.29, 1.82) is 0 Å². The maximum absolute atomic E-state index is 9.44. The van der Waals surface area contributed by atoms with Gasteiger partial charge in [-0.2, -0.15) is 11.8 Å². The van der Waals surface area contributed by atoms with E-state index in [-0.39, 0.29) is 12.1 Å². The van der Waals surface area contributed by atoms with Gasteiger partial charge >= 0.3 is 0 Å². The maximum atomic E-state index is 9.44. The Morgan fingerprint density at radius 3 is 2.92 bits per heavy atom. The minimum absolute atomic E-state index is 0.143. The lowest BCUT2D eigenvalue weighted by molar-refractivity contribution is 0.122. The highest BCUT2D eigenvalue weighted by atomic mass is 32.2. The van der Waals surface area contributed by atoms with Crippen LogP contribution in [-0.4, -0.2) is 49.0 Å². The van der Waals surface area contributed by atoms with Crippen molar-refractivity contribution in [3.63, 3.8) is 0 Å². The lowest BCUT2D eigenvalue weighted by Crippen LogP contribution is -2.41. The van der Waals surface area contributed by atoms with Crippen LogP contribution in [0.4, 0.5) is 0 Å². The van der Waals surface area contributed by atoms with Crippen LogP contribution in [-0.2, 0) is 4.74 Å². The summed E-state index contributed by atoms with van der Waals surface area (Å²) in [7, 11) is 0. The number of rotatable bonds is 5. The van der Waals surface area contributed by atoms with Crippen LogP contribution in [0.1, 0.15) is 6.92 Å². The number of hydrogen-bond acceptors (Lipinski definition) is 4. The van der Waals surface area contributed by atoms with E-state index >= 15 is 0 Å². The summed E-state index contributed by atoms with van der Waals surface area (Å²) in [5, 5.41) is 12.8. The molecule has 0 spiro atoms. The number of nitrogens with one attached hydrogen (secondary N) is 1. The summed E-state index contributed by atoms with van der Waals surface area (Å²) >= 11 is 1.86. The first-order valence-corrected chi connectivity index (χ1v) is 6.11. The Balaban J connectivity index is 2.10. The molecule has 1 fully saturated rings. The van der Waals surface area contributed by atoms with Gasteiger partial charge in [0.15, 0.2) is 0 Å². The Morgan fingerprint density at radius 1 is 1.62 bits per heavy atom.